The Balaban J connectivity index is 1.45. The third-order valence-electron chi connectivity index (χ3n) is 9.96. The Bertz CT molecular complexity index is 2110. The van der Waals surface area contributed by atoms with E-state index in [0.29, 0.717) is 5.92 Å². The fourth-order valence-electron chi connectivity index (χ4n) is 7.92. The van der Waals surface area contributed by atoms with Crippen molar-refractivity contribution in [3.8, 4) is 26.7 Å². The third kappa shape index (κ3) is 3.47. The summed E-state index contributed by atoms with van der Waals surface area (Å²) in [5, 5.41) is 6.58. The molecule has 8 rings (SSSR count). The second kappa shape index (κ2) is 9.68. The normalized spacial score (nSPS) is 15.7. The molecule has 206 valence electrons. The molecular formula is C39H35N2S+. The molecule has 0 bridgehead atoms. The molecule has 0 radical (unpaired) electrons. The highest BCUT2D eigenvalue weighted by Crippen LogP contribution is 2.52. The molecule has 4 aromatic carbocycles. The number of rotatable bonds is 5. The predicted molar refractivity (Wildman–Crippen MR) is 179 cm³/mol. The van der Waals surface area contributed by atoms with Crippen LogP contribution in [0.3, 0.4) is 0 Å². The molecule has 0 fully saturated rings. The number of pyridine rings is 1. The number of para-hydroxylation sites is 1. The standard InChI is InChI=1S/C39H35N2S/c1-4-33-32-25-36(42-38(32)37-29-17-11-10-16-27(29)22-23-40(37)39(33,5-2)6-3)41-34-19-13-12-18-30(34)31-21-20-28(24-35(31)41)26-14-8-7-9-15-26/h7-25,33H,4-6H2,1-3H3/q+1. The summed E-state index contributed by atoms with van der Waals surface area (Å²) in [4.78, 5) is 1.43. The second-order valence-electron chi connectivity index (χ2n) is 11.7. The number of hydrogen-bond acceptors (Lipinski definition) is 1. The Morgan fingerprint density at radius 2 is 1.40 bits per heavy atom. The van der Waals surface area contributed by atoms with Crippen LogP contribution in [0.2, 0.25) is 0 Å². The van der Waals surface area contributed by atoms with Crippen molar-refractivity contribution < 1.29 is 4.57 Å². The highest BCUT2D eigenvalue weighted by molar-refractivity contribution is 7.18. The van der Waals surface area contributed by atoms with Gasteiger partial charge in [-0.1, -0.05) is 99.6 Å². The highest BCUT2D eigenvalue weighted by Gasteiger charge is 2.52. The third-order valence-corrected chi connectivity index (χ3v) is 11.1. The van der Waals surface area contributed by atoms with Crippen molar-refractivity contribution in [3.05, 3.63) is 121 Å². The minimum absolute atomic E-state index is 0.0563. The number of nitrogens with zero attached hydrogens (tertiary/aromatic N) is 2. The van der Waals surface area contributed by atoms with E-state index >= 15 is 0 Å². The Labute approximate surface area is 251 Å². The van der Waals surface area contributed by atoms with Crippen LogP contribution in [0.15, 0.2) is 115 Å². The molecule has 0 aliphatic carbocycles. The lowest BCUT2D eigenvalue weighted by Gasteiger charge is -2.38. The van der Waals surface area contributed by atoms with Crippen molar-refractivity contribution >= 4 is 43.9 Å². The summed E-state index contributed by atoms with van der Waals surface area (Å²) in [6.45, 7) is 7.15. The first kappa shape index (κ1) is 25.5. The maximum Gasteiger partial charge on any atom is 0.231 e. The number of thiophene rings is 1. The molecule has 3 aromatic heterocycles. The van der Waals surface area contributed by atoms with Crippen molar-refractivity contribution in [3.63, 3.8) is 0 Å². The van der Waals surface area contributed by atoms with Crippen molar-refractivity contribution in [2.24, 2.45) is 0 Å². The van der Waals surface area contributed by atoms with Gasteiger partial charge in [0.25, 0.3) is 0 Å². The van der Waals surface area contributed by atoms with Gasteiger partial charge in [0.05, 0.1) is 22.3 Å². The second-order valence-corrected chi connectivity index (χ2v) is 12.7. The van der Waals surface area contributed by atoms with E-state index < -0.39 is 0 Å². The van der Waals surface area contributed by atoms with Crippen LogP contribution in [-0.2, 0) is 5.54 Å². The van der Waals surface area contributed by atoms with E-state index in [9.17, 15) is 0 Å². The van der Waals surface area contributed by atoms with Gasteiger partial charge in [0.1, 0.15) is 9.88 Å². The molecule has 1 aliphatic heterocycles. The van der Waals surface area contributed by atoms with Crippen LogP contribution in [0.4, 0.5) is 0 Å². The molecule has 3 heteroatoms. The van der Waals surface area contributed by atoms with Crippen LogP contribution in [0.1, 0.15) is 51.5 Å². The molecule has 1 aliphatic rings. The number of hydrogen-bond donors (Lipinski definition) is 0. The van der Waals surface area contributed by atoms with Gasteiger partial charge >= 0.3 is 0 Å². The maximum absolute atomic E-state index is 2.66. The molecule has 0 amide bonds. The monoisotopic (exact) mass is 563 g/mol. The number of benzene rings is 4. The SMILES string of the molecule is CCC1c2cc(-n3c4ccccc4c4ccc(-c5ccccc5)cc43)sc2-c2c3ccccc3cc[n+]2C1(CC)CC. The molecule has 1 atom stereocenters. The van der Waals surface area contributed by atoms with E-state index in [1.165, 1.54) is 64.8 Å². The topological polar surface area (TPSA) is 8.81 Å². The van der Waals surface area contributed by atoms with Crippen molar-refractivity contribution in [1.82, 2.24) is 4.57 Å². The Morgan fingerprint density at radius 1 is 0.690 bits per heavy atom. The van der Waals surface area contributed by atoms with E-state index in [1.54, 1.807) is 0 Å². The highest BCUT2D eigenvalue weighted by atomic mass is 32.1. The van der Waals surface area contributed by atoms with Crippen molar-refractivity contribution in [2.45, 2.75) is 51.5 Å². The van der Waals surface area contributed by atoms with Crippen molar-refractivity contribution in [1.29, 1.82) is 0 Å². The predicted octanol–water partition coefficient (Wildman–Crippen LogP) is 10.6. The summed E-state index contributed by atoms with van der Waals surface area (Å²) in [5.41, 5.74) is 8.00. The lowest BCUT2D eigenvalue weighted by molar-refractivity contribution is -0.761. The quantitative estimate of drug-likeness (QED) is 0.184. The maximum atomic E-state index is 2.66. The molecular weight excluding hydrogens is 529 g/mol. The minimum Gasteiger partial charge on any atom is -0.301 e. The van der Waals surface area contributed by atoms with Gasteiger partial charge in [-0.25, -0.2) is 0 Å². The van der Waals surface area contributed by atoms with E-state index in [2.05, 4.69) is 145 Å². The van der Waals surface area contributed by atoms with Crippen LogP contribution >= 0.6 is 11.3 Å². The van der Waals surface area contributed by atoms with E-state index in [1.807, 2.05) is 11.3 Å². The van der Waals surface area contributed by atoms with Gasteiger partial charge in [0.2, 0.25) is 5.69 Å². The minimum atomic E-state index is 0.0563. The molecule has 2 nitrogen and oxygen atoms in total. The van der Waals surface area contributed by atoms with Gasteiger partial charge in [-0.3, -0.25) is 0 Å². The molecule has 1 unspecified atom stereocenters. The average Bonchev–Trinajstić information content (AvgIpc) is 3.63. The fourth-order valence-corrected chi connectivity index (χ4v) is 9.23. The first-order valence-electron chi connectivity index (χ1n) is 15.4. The van der Waals surface area contributed by atoms with E-state index in [-0.39, 0.29) is 5.54 Å². The Kier molecular flexibility index (Phi) is 5.87. The average molecular weight is 564 g/mol. The first-order chi connectivity index (χ1) is 20.7. The van der Waals surface area contributed by atoms with Crippen LogP contribution in [0.5, 0.6) is 0 Å². The van der Waals surface area contributed by atoms with Crippen LogP contribution in [-0.4, -0.2) is 4.57 Å². The van der Waals surface area contributed by atoms with E-state index in [4.69, 9.17) is 0 Å². The van der Waals surface area contributed by atoms with Gasteiger partial charge in [-0.15, -0.1) is 11.3 Å². The summed E-state index contributed by atoms with van der Waals surface area (Å²) in [6.07, 6.45) is 5.72. The molecule has 0 spiro atoms. The largest absolute Gasteiger partial charge is 0.301 e. The molecule has 7 aromatic rings. The summed E-state index contributed by atoms with van der Waals surface area (Å²) < 4.78 is 5.19. The van der Waals surface area contributed by atoms with Gasteiger partial charge in [0.15, 0.2) is 11.7 Å². The zero-order valence-corrected chi connectivity index (χ0v) is 25.3. The fraction of sp³-hybridized carbons (Fsp3) is 0.205. The Hall–Kier alpha value is -4.21. The first-order valence-corrected chi connectivity index (χ1v) is 16.2. The van der Waals surface area contributed by atoms with Crippen molar-refractivity contribution in [2.75, 3.05) is 0 Å². The zero-order chi connectivity index (χ0) is 28.4. The zero-order valence-electron chi connectivity index (χ0n) is 24.5. The summed E-state index contributed by atoms with van der Waals surface area (Å²) >= 11 is 1.96. The van der Waals surface area contributed by atoms with Gasteiger partial charge in [-0.05, 0) is 52.8 Å². The lowest BCUT2D eigenvalue weighted by atomic mass is 9.71. The van der Waals surface area contributed by atoms with Crippen LogP contribution < -0.4 is 4.57 Å². The molecule has 4 heterocycles. The summed E-state index contributed by atoms with van der Waals surface area (Å²) in [6, 6.07) is 40.4. The summed E-state index contributed by atoms with van der Waals surface area (Å²) in [7, 11) is 0. The molecule has 0 saturated heterocycles. The van der Waals surface area contributed by atoms with Gasteiger partial charge < -0.3 is 4.57 Å². The van der Waals surface area contributed by atoms with Crippen LogP contribution in [0, 0.1) is 0 Å². The lowest BCUT2D eigenvalue weighted by Crippen LogP contribution is -2.61. The number of fused-ring (bicyclic) bond motifs is 8. The van der Waals surface area contributed by atoms with Gasteiger partial charge in [0, 0.05) is 29.7 Å². The van der Waals surface area contributed by atoms with E-state index in [0.717, 1.165) is 19.3 Å². The molecule has 0 N–H and O–H groups in total. The molecule has 0 saturated carbocycles. The summed E-state index contributed by atoms with van der Waals surface area (Å²) in [5.74, 6) is 0.458. The van der Waals surface area contributed by atoms with Crippen LogP contribution in [0.25, 0.3) is 59.3 Å². The van der Waals surface area contributed by atoms with Gasteiger partial charge in [-0.2, -0.15) is 4.57 Å². The Morgan fingerprint density at radius 3 is 2.19 bits per heavy atom. The number of aromatic nitrogens is 2. The molecule has 42 heavy (non-hydrogen) atoms. The smallest absolute Gasteiger partial charge is 0.231 e.